The number of fused-ring (bicyclic) bond motifs is 3. The number of rotatable bonds is 6. The molecule has 2 aromatic carbocycles. The molecule has 3 amide bonds. The Morgan fingerprint density at radius 3 is 2.44 bits per heavy atom. The Morgan fingerprint density at radius 1 is 1.12 bits per heavy atom. The van der Waals surface area contributed by atoms with Crippen molar-refractivity contribution in [2.24, 2.45) is 0 Å². The molecule has 1 fully saturated rings. The van der Waals surface area contributed by atoms with Gasteiger partial charge < -0.3 is 10.2 Å². The van der Waals surface area contributed by atoms with E-state index in [0.717, 1.165) is 6.26 Å². The minimum absolute atomic E-state index is 0.0849. The average Bonchev–Trinajstić information content (AvgIpc) is 3.10. The number of benzene rings is 2. The van der Waals surface area contributed by atoms with Crippen molar-refractivity contribution in [3.8, 4) is 0 Å². The van der Waals surface area contributed by atoms with Crippen LogP contribution in [-0.4, -0.2) is 49.5 Å². The molecule has 0 aromatic heterocycles. The average molecular weight is 455 g/mol. The van der Waals surface area contributed by atoms with Crippen molar-refractivity contribution in [1.29, 1.82) is 0 Å². The molecule has 1 unspecified atom stereocenters. The van der Waals surface area contributed by atoms with E-state index in [9.17, 15) is 22.8 Å². The molecule has 32 heavy (non-hydrogen) atoms. The van der Waals surface area contributed by atoms with Crippen LogP contribution in [0, 0.1) is 0 Å². The summed E-state index contributed by atoms with van der Waals surface area (Å²) >= 11 is 0. The summed E-state index contributed by atoms with van der Waals surface area (Å²) in [6, 6.07) is 12.8. The van der Waals surface area contributed by atoms with Crippen LogP contribution in [0.2, 0.25) is 0 Å². The third kappa shape index (κ3) is 3.52. The molecule has 0 radical (unpaired) electrons. The van der Waals surface area contributed by atoms with Gasteiger partial charge in [-0.05, 0) is 36.4 Å². The summed E-state index contributed by atoms with van der Waals surface area (Å²) in [7, 11) is -3.43. The second-order valence-electron chi connectivity index (χ2n) is 7.67. The van der Waals surface area contributed by atoms with Gasteiger partial charge in [0.15, 0.2) is 0 Å². The molecule has 2 N–H and O–H groups in total. The summed E-state index contributed by atoms with van der Waals surface area (Å²) in [6.07, 6.45) is 2.81. The van der Waals surface area contributed by atoms with E-state index in [2.05, 4.69) is 16.6 Å². The first-order valence-electron chi connectivity index (χ1n) is 9.91. The molecule has 0 bridgehead atoms. The van der Waals surface area contributed by atoms with E-state index in [0.29, 0.717) is 22.6 Å². The smallest absolute Gasteiger partial charge is 0.271 e. The summed E-state index contributed by atoms with van der Waals surface area (Å²) in [5.74, 6) is -1.13. The van der Waals surface area contributed by atoms with Crippen LogP contribution in [0.5, 0.6) is 0 Å². The van der Waals surface area contributed by atoms with Crippen LogP contribution in [0.4, 0.5) is 17.1 Å². The quantitative estimate of drug-likeness (QED) is 0.649. The molecule has 2 heterocycles. The highest BCUT2D eigenvalue weighted by Gasteiger charge is 2.60. The van der Waals surface area contributed by atoms with Gasteiger partial charge in [-0.3, -0.25) is 24.0 Å². The van der Waals surface area contributed by atoms with Gasteiger partial charge in [0.1, 0.15) is 0 Å². The Hall–Kier alpha value is -3.66. The minimum atomic E-state index is -3.43. The van der Waals surface area contributed by atoms with Crippen molar-refractivity contribution in [3.63, 3.8) is 0 Å². The maximum Gasteiger partial charge on any atom is 0.271 e. The number of para-hydroxylation sites is 1. The minimum Gasteiger partial charge on any atom is -0.322 e. The predicted molar refractivity (Wildman–Crippen MR) is 121 cm³/mol. The number of sulfonamides is 1. The fourth-order valence-electron chi connectivity index (χ4n) is 4.23. The molecule has 9 nitrogen and oxygen atoms in total. The maximum absolute atomic E-state index is 13.6. The second kappa shape index (κ2) is 7.79. The van der Waals surface area contributed by atoms with Gasteiger partial charge in [-0.15, -0.1) is 6.58 Å². The van der Waals surface area contributed by atoms with Crippen LogP contribution in [0.15, 0.2) is 61.2 Å². The highest BCUT2D eigenvalue weighted by Crippen LogP contribution is 2.44. The Labute approximate surface area is 185 Å². The molecule has 1 atom stereocenters. The molecule has 2 aliphatic rings. The monoisotopic (exact) mass is 454 g/mol. The summed E-state index contributed by atoms with van der Waals surface area (Å²) in [6.45, 7) is 3.79. The molecule has 2 aromatic rings. The van der Waals surface area contributed by atoms with Crippen molar-refractivity contribution >= 4 is 44.8 Å². The summed E-state index contributed by atoms with van der Waals surface area (Å²) < 4.78 is 25.1. The Balaban J connectivity index is 1.72. The lowest BCUT2D eigenvalue weighted by atomic mass is 9.95. The third-order valence-electron chi connectivity index (χ3n) is 5.50. The van der Waals surface area contributed by atoms with Crippen LogP contribution in [-0.2, 0) is 19.6 Å². The van der Waals surface area contributed by atoms with E-state index in [1.165, 1.54) is 28.0 Å². The van der Waals surface area contributed by atoms with E-state index < -0.39 is 21.6 Å². The third-order valence-corrected chi connectivity index (χ3v) is 6.10. The zero-order valence-corrected chi connectivity index (χ0v) is 18.2. The summed E-state index contributed by atoms with van der Waals surface area (Å²) in [5, 5.41) is 2.79. The molecule has 10 heteroatoms. The number of carbonyl (C=O) groups is 3. The van der Waals surface area contributed by atoms with Gasteiger partial charge in [-0.1, -0.05) is 18.2 Å². The topological polar surface area (TPSA) is 116 Å². The first kappa shape index (κ1) is 21.6. The normalized spacial score (nSPS) is 19.9. The van der Waals surface area contributed by atoms with Gasteiger partial charge >= 0.3 is 0 Å². The fourth-order valence-corrected chi connectivity index (χ4v) is 4.80. The van der Waals surface area contributed by atoms with Crippen molar-refractivity contribution in [2.45, 2.75) is 18.5 Å². The molecule has 1 saturated heterocycles. The molecule has 166 valence electrons. The number of nitrogens with one attached hydrogen (secondary N) is 2. The number of carbonyl (C=O) groups excluding carboxylic acids is 3. The number of nitrogens with zero attached hydrogens (tertiary/aromatic N) is 2. The molecule has 4 rings (SSSR count). The number of hydrogen-bond donors (Lipinski definition) is 2. The van der Waals surface area contributed by atoms with Gasteiger partial charge in [-0.25, -0.2) is 8.42 Å². The van der Waals surface area contributed by atoms with Crippen LogP contribution in [0.25, 0.3) is 0 Å². The zero-order chi connectivity index (χ0) is 23.1. The lowest BCUT2D eigenvalue weighted by Gasteiger charge is -2.48. The van der Waals surface area contributed by atoms with Crippen molar-refractivity contribution in [2.75, 3.05) is 27.7 Å². The molecule has 2 aliphatic heterocycles. The van der Waals surface area contributed by atoms with Gasteiger partial charge in [0.2, 0.25) is 21.6 Å². The van der Waals surface area contributed by atoms with Crippen molar-refractivity contribution < 1.29 is 22.8 Å². The number of amides is 3. The largest absolute Gasteiger partial charge is 0.322 e. The highest BCUT2D eigenvalue weighted by atomic mass is 32.2. The van der Waals surface area contributed by atoms with E-state index in [4.69, 9.17) is 0 Å². The van der Waals surface area contributed by atoms with E-state index >= 15 is 0 Å². The van der Waals surface area contributed by atoms with Crippen LogP contribution in [0.1, 0.15) is 23.2 Å². The standard InChI is InChI=1S/C22H22N4O5S/c1-3-14-25-20(28)17-6-4-5-7-18(17)26-19(27)12-13-22(25,26)21(29)23-15-8-10-16(11-9-15)24-32(2,30)31/h3-11,24H,1,12-14H2,2H3,(H,23,29). The van der Waals surface area contributed by atoms with E-state index in [1.54, 1.807) is 36.4 Å². The first-order valence-corrected chi connectivity index (χ1v) is 11.8. The molecule has 0 aliphatic carbocycles. The van der Waals surface area contributed by atoms with E-state index in [1.807, 2.05) is 0 Å². The van der Waals surface area contributed by atoms with Gasteiger partial charge in [0.05, 0.1) is 17.5 Å². The molecule has 0 saturated carbocycles. The molecule has 0 spiro atoms. The van der Waals surface area contributed by atoms with Gasteiger partial charge in [-0.2, -0.15) is 0 Å². The van der Waals surface area contributed by atoms with Crippen molar-refractivity contribution in [1.82, 2.24) is 4.90 Å². The predicted octanol–water partition coefficient (Wildman–Crippen LogP) is 2.16. The lowest BCUT2D eigenvalue weighted by Crippen LogP contribution is -2.69. The summed E-state index contributed by atoms with van der Waals surface area (Å²) in [5.41, 5.74) is -0.0308. The maximum atomic E-state index is 13.6. The SMILES string of the molecule is C=CCN1C(=O)c2ccccc2N2C(=O)CCC12C(=O)Nc1ccc(NS(C)(=O)=O)cc1. The zero-order valence-electron chi connectivity index (χ0n) is 17.4. The van der Waals surface area contributed by atoms with Gasteiger partial charge in [0, 0.05) is 30.8 Å². The molecular formula is C22H22N4O5S. The van der Waals surface area contributed by atoms with Crippen molar-refractivity contribution in [3.05, 3.63) is 66.7 Å². The number of hydrogen-bond acceptors (Lipinski definition) is 5. The Bertz CT molecular complexity index is 1230. The van der Waals surface area contributed by atoms with Gasteiger partial charge in [0.25, 0.3) is 11.8 Å². The summed E-state index contributed by atoms with van der Waals surface area (Å²) in [4.78, 5) is 42.6. The Morgan fingerprint density at radius 2 is 1.78 bits per heavy atom. The van der Waals surface area contributed by atoms with Crippen LogP contribution < -0.4 is 14.9 Å². The lowest BCUT2D eigenvalue weighted by molar-refractivity contribution is -0.128. The molecular weight excluding hydrogens is 432 g/mol. The highest BCUT2D eigenvalue weighted by molar-refractivity contribution is 7.92. The first-order chi connectivity index (χ1) is 15.2. The van der Waals surface area contributed by atoms with Crippen LogP contribution in [0.3, 0.4) is 0 Å². The van der Waals surface area contributed by atoms with Crippen LogP contribution >= 0.6 is 0 Å². The number of anilines is 3. The fraction of sp³-hybridized carbons (Fsp3) is 0.227. The van der Waals surface area contributed by atoms with E-state index in [-0.39, 0.29) is 31.2 Å². The second-order valence-corrected chi connectivity index (χ2v) is 9.42. The Kier molecular flexibility index (Phi) is 5.25.